The lowest BCUT2D eigenvalue weighted by molar-refractivity contribution is 0.0366. The highest BCUT2D eigenvalue weighted by molar-refractivity contribution is 7.89. The van der Waals surface area contributed by atoms with Crippen LogP contribution in [0.4, 0.5) is 8.78 Å². The second-order valence-electron chi connectivity index (χ2n) is 4.77. The summed E-state index contributed by atoms with van der Waals surface area (Å²) in [5.41, 5.74) is 0. The van der Waals surface area contributed by atoms with Crippen LogP contribution in [0.5, 0.6) is 0 Å². The Bertz CT molecular complexity index is 555. The smallest absolute Gasteiger partial charge is 0.246 e. The van der Waals surface area contributed by atoms with E-state index in [-0.39, 0.29) is 19.3 Å². The zero-order chi connectivity index (χ0) is 15.3. The van der Waals surface area contributed by atoms with Gasteiger partial charge in [-0.15, -0.1) is 0 Å². The van der Waals surface area contributed by atoms with E-state index in [0.717, 1.165) is 44.1 Å². The van der Waals surface area contributed by atoms with E-state index in [9.17, 15) is 17.2 Å². The van der Waals surface area contributed by atoms with E-state index >= 15 is 0 Å². The molecule has 2 rings (SSSR count). The van der Waals surface area contributed by atoms with Crippen molar-refractivity contribution >= 4 is 10.0 Å². The summed E-state index contributed by atoms with van der Waals surface area (Å²) in [5, 5.41) is 3.19. The van der Waals surface area contributed by atoms with Gasteiger partial charge in [-0.2, -0.15) is 0 Å². The molecule has 0 aliphatic carbocycles. The predicted molar refractivity (Wildman–Crippen MR) is 73.4 cm³/mol. The Kier molecular flexibility index (Phi) is 5.63. The Labute approximate surface area is 122 Å². The molecule has 1 aromatic carbocycles. The van der Waals surface area contributed by atoms with E-state index in [2.05, 4.69) is 10.0 Å². The normalized spacial score (nSPS) is 17.0. The van der Waals surface area contributed by atoms with E-state index in [1.165, 1.54) is 0 Å². The van der Waals surface area contributed by atoms with Crippen molar-refractivity contribution in [2.45, 2.75) is 23.8 Å². The Balaban J connectivity index is 1.86. The second-order valence-corrected chi connectivity index (χ2v) is 6.47. The summed E-state index contributed by atoms with van der Waals surface area (Å²) in [6, 6.07) is 2.93. The second kappa shape index (κ2) is 7.26. The first-order valence-corrected chi connectivity index (χ1v) is 8.25. The van der Waals surface area contributed by atoms with Crippen molar-refractivity contribution < 1.29 is 21.9 Å². The van der Waals surface area contributed by atoms with Gasteiger partial charge in [-0.05, 0) is 38.1 Å². The molecule has 0 unspecified atom stereocenters. The molecule has 1 aliphatic rings. The van der Waals surface area contributed by atoms with Crippen molar-refractivity contribution in [3.8, 4) is 0 Å². The highest BCUT2D eigenvalue weighted by Crippen LogP contribution is 2.17. The minimum atomic E-state index is -4.22. The molecule has 21 heavy (non-hydrogen) atoms. The summed E-state index contributed by atoms with van der Waals surface area (Å²) < 4.78 is 58.3. The number of sulfonamides is 1. The lowest BCUT2D eigenvalue weighted by Gasteiger charge is -2.22. The van der Waals surface area contributed by atoms with Crippen LogP contribution in [0.15, 0.2) is 23.1 Å². The van der Waals surface area contributed by atoms with Crippen LogP contribution in [0.2, 0.25) is 0 Å². The van der Waals surface area contributed by atoms with Crippen LogP contribution >= 0.6 is 0 Å². The lowest BCUT2D eigenvalue weighted by atomic mass is 10.1. The van der Waals surface area contributed by atoms with Gasteiger partial charge >= 0.3 is 0 Å². The number of halogens is 2. The minimum Gasteiger partial charge on any atom is -0.377 e. The van der Waals surface area contributed by atoms with Crippen LogP contribution in [0.25, 0.3) is 0 Å². The zero-order valence-electron chi connectivity index (χ0n) is 11.4. The average Bonchev–Trinajstić information content (AvgIpc) is 2.44. The molecule has 1 aromatic rings. The SMILES string of the molecule is O=S(=O)(NCCOC1CCNCC1)c1c(F)cccc1F. The largest absolute Gasteiger partial charge is 0.377 e. The van der Waals surface area contributed by atoms with Gasteiger partial charge in [-0.1, -0.05) is 6.07 Å². The summed E-state index contributed by atoms with van der Waals surface area (Å²) in [6.45, 7) is 1.88. The molecule has 0 amide bonds. The molecule has 8 heteroatoms. The van der Waals surface area contributed by atoms with Gasteiger partial charge in [0.15, 0.2) is 4.90 Å². The maximum absolute atomic E-state index is 13.4. The summed E-state index contributed by atoms with van der Waals surface area (Å²) in [7, 11) is -4.22. The number of hydrogen-bond donors (Lipinski definition) is 2. The number of piperidine rings is 1. The lowest BCUT2D eigenvalue weighted by Crippen LogP contribution is -2.35. The first kappa shape index (κ1) is 16.3. The molecule has 1 fully saturated rings. The highest BCUT2D eigenvalue weighted by atomic mass is 32.2. The van der Waals surface area contributed by atoms with Crippen LogP contribution in [0.3, 0.4) is 0 Å². The number of benzene rings is 1. The van der Waals surface area contributed by atoms with E-state index in [0.29, 0.717) is 0 Å². The first-order chi connectivity index (χ1) is 10.0. The van der Waals surface area contributed by atoms with Crippen LogP contribution in [0, 0.1) is 11.6 Å². The van der Waals surface area contributed by atoms with E-state index in [1.807, 2.05) is 0 Å². The third-order valence-electron chi connectivity index (χ3n) is 3.22. The van der Waals surface area contributed by atoms with Crippen molar-refractivity contribution in [1.82, 2.24) is 10.0 Å². The molecular weight excluding hydrogens is 302 g/mol. The van der Waals surface area contributed by atoms with Crippen molar-refractivity contribution in [1.29, 1.82) is 0 Å². The van der Waals surface area contributed by atoms with E-state index in [1.54, 1.807) is 0 Å². The minimum absolute atomic E-state index is 0.0277. The molecule has 2 N–H and O–H groups in total. The summed E-state index contributed by atoms with van der Waals surface area (Å²) in [6.07, 6.45) is 1.84. The van der Waals surface area contributed by atoms with Gasteiger partial charge in [0.25, 0.3) is 0 Å². The predicted octanol–water partition coefficient (Wildman–Crippen LogP) is 1.01. The maximum Gasteiger partial charge on any atom is 0.246 e. The Morgan fingerprint density at radius 1 is 1.24 bits per heavy atom. The van der Waals surface area contributed by atoms with E-state index in [4.69, 9.17) is 4.74 Å². The van der Waals surface area contributed by atoms with Crippen molar-refractivity contribution in [3.63, 3.8) is 0 Å². The number of hydrogen-bond acceptors (Lipinski definition) is 4. The summed E-state index contributed by atoms with van der Waals surface area (Å²) in [4.78, 5) is -0.952. The number of nitrogens with one attached hydrogen (secondary N) is 2. The van der Waals surface area contributed by atoms with Crippen molar-refractivity contribution in [3.05, 3.63) is 29.8 Å². The molecule has 0 bridgehead atoms. The van der Waals surface area contributed by atoms with Gasteiger partial charge in [0, 0.05) is 6.54 Å². The molecular formula is C13H18F2N2O3S. The van der Waals surface area contributed by atoms with Gasteiger partial charge in [-0.25, -0.2) is 21.9 Å². The standard InChI is InChI=1S/C13H18F2N2O3S/c14-11-2-1-3-12(15)13(11)21(18,19)17-8-9-20-10-4-6-16-7-5-10/h1-3,10,16-17H,4-9H2. The number of rotatable bonds is 6. The van der Waals surface area contributed by atoms with Crippen LogP contribution < -0.4 is 10.0 Å². The Hall–Kier alpha value is -1.09. The highest BCUT2D eigenvalue weighted by Gasteiger charge is 2.23. The molecule has 0 atom stereocenters. The monoisotopic (exact) mass is 320 g/mol. The van der Waals surface area contributed by atoms with Gasteiger partial charge < -0.3 is 10.1 Å². The van der Waals surface area contributed by atoms with Crippen molar-refractivity contribution in [2.75, 3.05) is 26.2 Å². The van der Waals surface area contributed by atoms with Crippen molar-refractivity contribution in [2.24, 2.45) is 0 Å². The van der Waals surface area contributed by atoms with Gasteiger partial charge in [-0.3, -0.25) is 0 Å². The number of ether oxygens (including phenoxy) is 1. The Morgan fingerprint density at radius 3 is 2.48 bits per heavy atom. The third kappa shape index (κ3) is 4.44. The fourth-order valence-electron chi connectivity index (χ4n) is 2.18. The van der Waals surface area contributed by atoms with Crippen LogP contribution in [-0.4, -0.2) is 40.8 Å². The maximum atomic E-state index is 13.4. The topological polar surface area (TPSA) is 67.4 Å². The molecule has 0 aromatic heterocycles. The van der Waals surface area contributed by atoms with Gasteiger partial charge in [0.2, 0.25) is 10.0 Å². The third-order valence-corrected chi connectivity index (χ3v) is 4.73. The fourth-order valence-corrected chi connectivity index (χ4v) is 3.32. The summed E-state index contributed by atoms with van der Waals surface area (Å²) >= 11 is 0. The molecule has 118 valence electrons. The molecule has 1 saturated heterocycles. The van der Waals surface area contributed by atoms with Crippen LogP contribution in [-0.2, 0) is 14.8 Å². The Morgan fingerprint density at radius 2 is 1.86 bits per heavy atom. The first-order valence-electron chi connectivity index (χ1n) is 6.77. The molecule has 0 spiro atoms. The quantitative estimate of drug-likeness (QED) is 0.768. The van der Waals surface area contributed by atoms with Gasteiger partial charge in [0.1, 0.15) is 11.6 Å². The molecule has 1 heterocycles. The fraction of sp³-hybridized carbons (Fsp3) is 0.538. The molecule has 0 radical (unpaired) electrons. The molecule has 1 aliphatic heterocycles. The van der Waals surface area contributed by atoms with Gasteiger partial charge in [0.05, 0.1) is 12.7 Å². The zero-order valence-corrected chi connectivity index (χ0v) is 12.3. The van der Waals surface area contributed by atoms with E-state index < -0.39 is 26.6 Å². The summed E-state index contributed by atoms with van der Waals surface area (Å²) in [5.74, 6) is -2.22. The molecule has 5 nitrogen and oxygen atoms in total. The van der Waals surface area contributed by atoms with Crippen LogP contribution in [0.1, 0.15) is 12.8 Å². The average molecular weight is 320 g/mol. The molecule has 0 saturated carbocycles.